The Labute approximate surface area is 123 Å². The van der Waals surface area contributed by atoms with Crippen LogP contribution in [-0.4, -0.2) is 14.5 Å². The number of hydrogen-bond donors (Lipinski definition) is 1. The van der Waals surface area contributed by atoms with E-state index >= 15 is 0 Å². The van der Waals surface area contributed by atoms with Gasteiger partial charge in [0.2, 0.25) is 0 Å². The minimum absolute atomic E-state index is 0.239. The number of para-hydroxylation sites is 1. The van der Waals surface area contributed by atoms with Crippen molar-refractivity contribution in [3.8, 4) is 0 Å². The number of pyridine rings is 1. The number of hydrogen-bond acceptors (Lipinski definition) is 3. The summed E-state index contributed by atoms with van der Waals surface area (Å²) in [4.78, 5) is 9.35. The molecular formula is C17H18N4. The summed E-state index contributed by atoms with van der Waals surface area (Å²) in [6.45, 7) is 3.15. The van der Waals surface area contributed by atoms with Crippen LogP contribution in [0.1, 0.15) is 30.8 Å². The topological polar surface area (TPSA) is 42.7 Å². The van der Waals surface area contributed by atoms with Crippen molar-refractivity contribution in [2.24, 2.45) is 0 Å². The second-order valence-electron chi connectivity index (χ2n) is 5.53. The molecule has 1 N–H and O–H groups in total. The van der Waals surface area contributed by atoms with Crippen molar-refractivity contribution in [1.29, 1.82) is 0 Å². The summed E-state index contributed by atoms with van der Waals surface area (Å²) in [7, 11) is 0. The molecule has 0 spiro atoms. The highest BCUT2D eigenvalue weighted by atomic mass is 15.2. The Morgan fingerprint density at radius 1 is 1.24 bits per heavy atom. The van der Waals surface area contributed by atoms with E-state index in [2.05, 4.69) is 46.1 Å². The van der Waals surface area contributed by atoms with Crippen LogP contribution in [0, 0.1) is 0 Å². The van der Waals surface area contributed by atoms with Gasteiger partial charge in [0.1, 0.15) is 11.3 Å². The largest absolute Gasteiger partial charge is 0.375 e. The normalized spacial score (nSPS) is 16.9. The number of rotatable bonds is 3. The maximum atomic E-state index is 4.83. The molecule has 1 aromatic carbocycles. The number of anilines is 1. The summed E-state index contributed by atoms with van der Waals surface area (Å²) in [5, 5.41) is 3.60. The highest BCUT2D eigenvalue weighted by molar-refractivity contribution is 5.72. The summed E-state index contributed by atoms with van der Waals surface area (Å²) in [5.41, 5.74) is 4.57. The fraction of sp³-hybridized carbons (Fsp3) is 0.294. The summed E-state index contributed by atoms with van der Waals surface area (Å²) in [6.07, 6.45) is 3.91. The van der Waals surface area contributed by atoms with Crippen LogP contribution in [0.3, 0.4) is 0 Å². The van der Waals surface area contributed by atoms with Crippen LogP contribution < -0.4 is 5.32 Å². The predicted octanol–water partition coefficient (Wildman–Crippen LogP) is 3.55. The summed E-state index contributed by atoms with van der Waals surface area (Å²) < 4.78 is 2.26. The first-order valence-electron chi connectivity index (χ1n) is 7.52. The van der Waals surface area contributed by atoms with Crippen LogP contribution in [0.5, 0.6) is 0 Å². The van der Waals surface area contributed by atoms with Crippen LogP contribution in [0.2, 0.25) is 0 Å². The molecule has 0 amide bonds. The van der Waals surface area contributed by atoms with Gasteiger partial charge >= 0.3 is 0 Å². The molecule has 2 aromatic heterocycles. The van der Waals surface area contributed by atoms with E-state index in [0.717, 1.165) is 36.4 Å². The molecule has 0 saturated heterocycles. The van der Waals surface area contributed by atoms with E-state index in [0.29, 0.717) is 0 Å². The molecule has 0 radical (unpaired) electrons. The van der Waals surface area contributed by atoms with Crippen LogP contribution in [-0.2, 0) is 13.0 Å². The number of aryl methyl sites for hydroxylation is 1. The van der Waals surface area contributed by atoms with Gasteiger partial charge in [0.25, 0.3) is 0 Å². The Hall–Kier alpha value is -2.36. The van der Waals surface area contributed by atoms with Gasteiger partial charge in [-0.3, -0.25) is 0 Å². The van der Waals surface area contributed by atoms with Crippen LogP contribution in [0.25, 0.3) is 11.2 Å². The number of nitrogens with one attached hydrogen (secondary N) is 1. The number of imidazole rings is 1. The van der Waals surface area contributed by atoms with Crippen molar-refractivity contribution in [3.05, 3.63) is 54.0 Å². The third-order valence-corrected chi connectivity index (χ3v) is 4.06. The zero-order chi connectivity index (χ0) is 14.2. The maximum absolute atomic E-state index is 4.83. The number of fused-ring (bicyclic) bond motifs is 2. The average Bonchev–Trinajstić information content (AvgIpc) is 3.09. The maximum Gasteiger partial charge on any atom is 0.160 e. The smallest absolute Gasteiger partial charge is 0.160 e. The fourth-order valence-electron chi connectivity index (χ4n) is 3.14. The predicted molar refractivity (Wildman–Crippen MR) is 84.3 cm³/mol. The van der Waals surface area contributed by atoms with Crippen molar-refractivity contribution < 1.29 is 0 Å². The molecule has 0 fully saturated rings. The molecule has 0 saturated carbocycles. The zero-order valence-electron chi connectivity index (χ0n) is 12.1. The Morgan fingerprint density at radius 2 is 2.14 bits per heavy atom. The molecule has 1 aliphatic rings. The quantitative estimate of drug-likeness (QED) is 0.796. The lowest BCUT2D eigenvalue weighted by molar-refractivity contribution is 0.614. The lowest BCUT2D eigenvalue weighted by atomic mass is 10.1. The van der Waals surface area contributed by atoms with E-state index in [9.17, 15) is 0 Å². The van der Waals surface area contributed by atoms with Crippen molar-refractivity contribution in [1.82, 2.24) is 14.5 Å². The van der Waals surface area contributed by atoms with Gasteiger partial charge in [0.15, 0.2) is 5.65 Å². The van der Waals surface area contributed by atoms with E-state index in [1.54, 1.807) is 0 Å². The Morgan fingerprint density at radius 3 is 3.00 bits per heavy atom. The molecule has 106 valence electrons. The molecule has 0 aliphatic carbocycles. The Kier molecular flexibility index (Phi) is 2.88. The number of aromatic nitrogens is 3. The molecule has 1 unspecified atom stereocenters. The molecule has 4 rings (SSSR count). The van der Waals surface area contributed by atoms with Crippen LogP contribution in [0.4, 0.5) is 5.69 Å². The molecule has 3 heterocycles. The van der Waals surface area contributed by atoms with Gasteiger partial charge in [-0.05, 0) is 30.2 Å². The fourth-order valence-corrected chi connectivity index (χ4v) is 3.14. The second kappa shape index (κ2) is 4.88. The van der Waals surface area contributed by atoms with Gasteiger partial charge in [-0.25, -0.2) is 9.97 Å². The van der Waals surface area contributed by atoms with E-state index in [1.807, 2.05) is 18.3 Å². The first-order chi connectivity index (χ1) is 10.4. The van der Waals surface area contributed by atoms with E-state index in [4.69, 9.17) is 4.98 Å². The monoisotopic (exact) mass is 278 g/mol. The van der Waals surface area contributed by atoms with Crippen LogP contribution in [0.15, 0.2) is 42.6 Å². The highest BCUT2D eigenvalue weighted by Gasteiger charge is 2.26. The van der Waals surface area contributed by atoms with Gasteiger partial charge in [-0.2, -0.15) is 0 Å². The van der Waals surface area contributed by atoms with E-state index in [-0.39, 0.29) is 6.04 Å². The van der Waals surface area contributed by atoms with Crippen molar-refractivity contribution in [2.45, 2.75) is 32.4 Å². The van der Waals surface area contributed by atoms with Crippen molar-refractivity contribution in [2.75, 3.05) is 5.32 Å². The molecule has 0 bridgehead atoms. The zero-order valence-corrected chi connectivity index (χ0v) is 12.1. The van der Waals surface area contributed by atoms with Crippen LogP contribution >= 0.6 is 0 Å². The SMILES string of the molecule is CCCn1c(C2Cc3ccccc3N2)nc2cccnc21. The third-order valence-electron chi connectivity index (χ3n) is 4.06. The number of benzene rings is 1. The van der Waals surface area contributed by atoms with Crippen molar-refractivity contribution in [3.63, 3.8) is 0 Å². The lowest BCUT2D eigenvalue weighted by Crippen LogP contribution is -2.14. The minimum atomic E-state index is 0.239. The molecule has 4 nitrogen and oxygen atoms in total. The molecule has 1 aliphatic heterocycles. The lowest BCUT2D eigenvalue weighted by Gasteiger charge is -2.13. The summed E-state index contributed by atoms with van der Waals surface area (Å²) in [6, 6.07) is 12.7. The molecule has 4 heteroatoms. The Bertz CT molecular complexity index is 765. The Balaban J connectivity index is 1.79. The standard InChI is InChI=1S/C17H18N4/c1-2-10-21-16-14(8-5-9-18-16)20-17(21)15-11-12-6-3-4-7-13(12)19-15/h3-9,15,19H,2,10-11H2,1H3. The van der Waals surface area contributed by atoms with Crippen molar-refractivity contribution >= 4 is 16.9 Å². The number of nitrogens with zero attached hydrogens (tertiary/aromatic N) is 3. The second-order valence-corrected chi connectivity index (χ2v) is 5.53. The molecule has 1 atom stereocenters. The van der Waals surface area contributed by atoms with Gasteiger partial charge < -0.3 is 9.88 Å². The van der Waals surface area contributed by atoms with Gasteiger partial charge in [-0.15, -0.1) is 0 Å². The third kappa shape index (κ3) is 1.98. The summed E-state index contributed by atoms with van der Waals surface area (Å²) in [5.74, 6) is 1.10. The van der Waals surface area contributed by atoms with Gasteiger partial charge in [-0.1, -0.05) is 25.1 Å². The average molecular weight is 278 g/mol. The highest BCUT2D eigenvalue weighted by Crippen LogP contribution is 2.34. The summed E-state index contributed by atoms with van der Waals surface area (Å²) >= 11 is 0. The first-order valence-corrected chi connectivity index (χ1v) is 7.52. The molecule has 3 aromatic rings. The molecular weight excluding hydrogens is 260 g/mol. The van der Waals surface area contributed by atoms with E-state index < -0.39 is 0 Å². The molecule has 21 heavy (non-hydrogen) atoms. The van der Waals surface area contributed by atoms with Gasteiger partial charge in [0, 0.05) is 24.8 Å². The van der Waals surface area contributed by atoms with Gasteiger partial charge in [0.05, 0.1) is 6.04 Å². The first kappa shape index (κ1) is 12.4. The minimum Gasteiger partial charge on any atom is -0.375 e. The van der Waals surface area contributed by atoms with E-state index in [1.165, 1.54) is 11.3 Å².